The van der Waals surface area contributed by atoms with E-state index in [-0.39, 0.29) is 0 Å². The zero-order chi connectivity index (χ0) is 17.7. The molecule has 4 nitrogen and oxygen atoms in total. The van der Waals surface area contributed by atoms with Crippen LogP contribution in [0.15, 0.2) is 48.5 Å². The van der Waals surface area contributed by atoms with Crippen molar-refractivity contribution in [1.82, 2.24) is 0 Å². The second kappa shape index (κ2) is 7.69. The largest absolute Gasteiger partial charge is 0.496 e. The van der Waals surface area contributed by atoms with Crippen molar-refractivity contribution < 1.29 is 14.6 Å². The lowest BCUT2D eigenvalue weighted by Crippen LogP contribution is -2.47. The smallest absolute Gasteiger partial charge is 0.137 e. The molecular formula is C20H27NO3. The maximum Gasteiger partial charge on any atom is 0.137 e. The second-order valence-electron chi connectivity index (χ2n) is 6.40. The predicted octanol–water partition coefficient (Wildman–Crippen LogP) is 3.31. The van der Waals surface area contributed by atoms with Crippen LogP contribution in [0.3, 0.4) is 0 Å². The van der Waals surface area contributed by atoms with Crippen molar-refractivity contribution >= 4 is 0 Å². The monoisotopic (exact) mass is 329 g/mol. The Bertz CT molecular complexity index is 622. The first-order valence-corrected chi connectivity index (χ1v) is 8.20. The molecule has 0 saturated heterocycles. The molecule has 0 heterocycles. The SMILES string of the molecule is COc1ccccc1C(O)(c1ccccc1OC)[C@H](N)CC(C)C. The van der Waals surface area contributed by atoms with E-state index in [0.29, 0.717) is 35.0 Å². The first-order chi connectivity index (χ1) is 11.4. The van der Waals surface area contributed by atoms with E-state index >= 15 is 0 Å². The zero-order valence-electron chi connectivity index (χ0n) is 14.8. The van der Waals surface area contributed by atoms with E-state index in [2.05, 4.69) is 13.8 Å². The number of aliphatic hydroxyl groups is 1. The van der Waals surface area contributed by atoms with Gasteiger partial charge >= 0.3 is 0 Å². The van der Waals surface area contributed by atoms with Crippen molar-refractivity contribution in [2.45, 2.75) is 31.9 Å². The molecule has 4 heteroatoms. The lowest BCUT2D eigenvalue weighted by atomic mass is 9.77. The van der Waals surface area contributed by atoms with Crippen molar-refractivity contribution in [2.24, 2.45) is 11.7 Å². The fraction of sp³-hybridized carbons (Fsp3) is 0.400. The highest BCUT2D eigenvalue weighted by molar-refractivity contribution is 5.51. The number of hydrogen-bond acceptors (Lipinski definition) is 4. The normalized spacial score (nSPS) is 13.0. The van der Waals surface area contributed by atoms with Gasteiger partial charge in [0.2, 0.25) is 0 Å². The van der Waals surface area contributed by atoms with Crippen LogP contribution in [0.2, 0.25) is 0 Å². The number of ether oxygens (including phenoxy) is 2. The molecule has 0 aliphatic heterocycles. The standard InChI is InChI=1S/C20H27NO3/c1-14(2)13-19(21)20(22,15-9-5-7-11-17(15)23-3)16-10-6-8-12-18(16)24-4/h5-12,14,19,22H,13,21H2,1-4H3/t19-/m1/s1. The summed E-state index contributed by atoms with van der Waals surface area (Å²) in [5, 5.41) is 11.8. The Balaban J connectivity index is 2.70. The van der Waals surface area contributed by atoms with Gasteiger partial charge in [0.25, 0.3) is 0 Å². The van der Waals surface area contributed by atoms with Gasteiger partial charge < -0.3 is 20.3 Å². The Morgan fingerprint density at radius 3 is 1.71 bits per heavy atom. The molecular weight excluding hydrogens is 302 g/mol. The molecule has 0 unspecified atom stereocenters. The van der Waals surface area contributed by atoms with Crippen LogP contribution in [-0.2, 0) is 5.60 Å². The first-order valence-electron chi connectivity index (χ1n) is 8.20. The van der Waals surface area contributed by atoms with E-state index in [1.54, 1.807) is 14.2 Å². The number of rotatable bonds is 7. The van der Waals surface area contributed by atoms with Gasteiger partial charge in [0.05, 0.1) is 14.2 Å². The molecule has 2 aromatic rings. The van der Waals surface area contributed by atoms with Crippen LogP contribution in [0.5, 0.6) is 11.5 Å². The molecule has 0 aliphatic carbocycles. The summed E-state index contributed by atoms with van der Waals surface area (Å²) in [6.07, 6.45) is 0.659. The molecule has 0 radical (unpaired) electrons. The molecule has 0 aliphatic rings. The number of methoxy groups -OCH3 is 2. The summed E-state index contributed by atoms with van der Waals surface area (Å²) in [7, 11) is 3.19. The molecule has 24 heavy (non-hydrogen) atoms. The van der Waals surface area contributed by atoms with E-state index in [0.717, 1.165) is 0 Å². The summed E-state index contributed by atoms with van der Waals surface area (Å²) in [5.74, 6) is 1.55. The Morgan fingerprint density at radius 1 is 0.917 bits per heavy atom. The molecule has 0 spiro atoms. The van der Waals surface area contributed by atoms with E-state index in [9.17, 15) is 5.11 Å². The highest BCUT2D eigenvalue weighted by Gasteiger charge is 2.42. The summed E-state index contributed by atoms with van der Waals surface area (Å²) in [5.41, 5.74) is 6.38. The topological polar surface area (TPSA) is 64.7 Å². The molecule has 2 rings (SSSR count). The van der Waals surface area contributed by atoms with E-state index in [1.165, 1.54) is 0 Å². The minimum absolute atomic E-state index is 0.343. The molecule has 0 fully saturated rings. The van der Waals surface area contributed by atoms with Gasteiger partial charge in [0.15, 0.2) is 0 Å². The maximum atomic E-state index is 11.8. The highest BCUT2D eigenvalue weighted by atomic mass is 16.5. The van der Waals surface area contributed by atoms with Gasteiger partial charge in [0, 0.05) is 17.2 Å². The molecule has 130 valence electrons. The first kappa shape index (κ1) is 18.3. The fourth-order valence-corrected chi connectivity index (χ4v) is 3.14. The van der Waals surface area contributed by atoms with Gasteiger partial charge in [-0.05, 0) is 24.5 Å². The van der Waals surface area contributed by atoms with Crippen LogP contribution in [0.4, 0.5) is 0 Å². The van der Waals surface area contributed by atoms with Crippen molar-refractivity contribution in [3.05, 3.63) is 59.7 Å². The zero-order valence-corrected chi connectivity index (χ0v) is 14.8. The Hall–Kier alpha value is -2.04. The van der Waals surface area contributed by atoms with Crippen LogP contribution in [-0.4, -0.2) is 25.4 Å². The van der Waals surface area contributed by atoms with Crippen LogP contribution in [0, 0.1) is 5.92 Å². The number of para-hydroxylation sites is 2. The Labute approximate surface area is 144 Å². The average molecular weight is 329 g/mol. The number of nitrogens with two attached hydrogens (primary N) is 1. The van der Waals surface area contributed by atoms with E-state index in [1.807, 2.05) is 48.5 Å². The predicted molar refractivity (Wildman–Crippen MR) is 96.4 cm³/mol. The third-order valence-corrected chi connectivity index (χ3v) is 4.30. The molecule has 0 amide bonds. The summed E-state index contributed by atoms with van der Waals surface area (Å²) >= 11 is 0. The summed E-state index contributed by atoms with van der Waals surface area (Å²) in [6, 6.07) is 14.4. The van der Waals surface area contributed by atoms with Crippen LogP contribution >= 0.6 is 0 Å². The van der Waals surface area contributed by atoms with Crippen LogP contribution < -0.4 is 15.2 Å². The van der Waals surface area contributed by atoms with Crippen molar-refractivity contribution in [1.29, 1.82) is 0 Å². The molecule has 1 atom stereocenters. The molecule has 0 saturated carbocycles. The lowest BCUT2D eigenvalue weighted by molar-refractivity contribution is 0.0395. The summed E-state index contributed by atoms with van der Waals surface area (Å²) in [6.45, 7) is 4.18. The van der Waals surface area contributed by atoms with Crippen molar-refractivity contribution in [2.75, 3.05) is 14.2 Å². The molecule has 2 aromatic carbocycles. The van der Waals surface area contributed by atoms with Crippen molar-refractivity contribution in [3.63, 3.8) is 0 Å². The van der Waals surface area contributed by atoms with Gasteiger partial charge in [-0.2, -0.15) is 0 Å². The Morgan fingerprint density at radius 2 is 1.33 bits per heavy atom. The van der Waals surface area contributed by atoms with E-state index < -0.39 is 11.6 Å². The van der Waals surface area contributed by atoms with Gasteiger partial charge in [-0.15, -0.1) is 0 Å². The highest BCUT2D eigenvalue weighted by Crippen LogP contribution is 2.42. The molecule has 0 aromatic heterocycles. The van der Waals surface area contributed by atoms with Gasteiger partial charge in [-0.1, -0.05) is 50.2 Å². The fourth-order valence-electron chi connectivity index (χ4n) is 3.14. The van der Waals surface area contributed by atoms with Gasteiger partial charge in [-0.25, -0.2) is 0 Å². The number of benzene rings is 2. The van der Waals surface area contributed by atoms with E-state index in [4.69, 9.17) is 15.2 Å². The Kier molecular flexibility index (Phi) is 5.86. The molecule has 3 N–H and O–H groups in total. The second-order valence-corrected chi connectivity index (χ2v) is 6.40. The average Bonchev–Trinajstić information content (AvgIpc) is 2.60. The van der Waals surface area contributed by atoms with Gasteiger partial charge in [0.1, 0.15) is 17.1 Å². The quantitative estimate of drug-likeness (QED) is 0.818. The summed E-state index contributed by atoms with van der Waals surface area (Å²) in [4.78, 5) is 0. The minimum atomic E-state index is -1.41. The van der Waals surface area contributed by atoms with Crippen molar-refractivity contribution in [3.8, 4) is 11.5 Å². The minimum Gasteiger partial charge on any atom is -0.496 e. The number of hydrogen-bond donors (Lipinski definition) is 2. The third kappa shape index (κ3) is 3.40. The molecule has 0 bridgehead atoms. The summed E-state index contributed by atoms with van der Waals surface area (Å²) < 4.78 is 11.0. The van der Waals surface area contributed by atoms with Crippen LogP contribution in [0.25, 0.3) is 0 Å². The third-order valence-electron chi connectivity index (χ3n) is 4.30. The lowest BCUT2D eigenvalue weighted by Gasteiger charge is -2.37. The van der Waals surface area contributed by atoms with Gasteiger partial charge in [-0.3, -0.25) is 0 Å². The maximum absolute atomic E-state index is 11.8. The van der Waals surface area contributed by atoms with Crippen LogP contribution in [0.1, 0.15) is 31.4 Å².